The van der Waals surface area contributed by atoms with E-state index in [1.807, 2.05) is 6.07 Å². The van der Waals surface area contributed by atoms with Crippen LogP contribution in [0.1, 0.15) is 48.8 Å². The molecule has 0 unspecified atom stereocenters. The van der Waals surface area contributed by atoms with E-state index >= 15 is 0 Å². The first-order valence-electron chi connectivity index (χ1n) is 7.95. The molecule has 0 aliphatic carbocycles. The molecule has 2 rings (SSSR count). The molecule has 118 valence electrons. The molecular weight excluding hydrogens is 266 g/mol. The van der Waals surface area contributed by atoms with Crippen molar-refractivity contribution in [2.24, 2.45) is 0 Å². The van der Waals surface area contributed by atoms with Crippen LogP contribution < -0.4 is 5.32 Å². The molecule has 0 bridgehead atoms. The van der Waals surface area contributed by atoms with Crippen molar-refractivity contribution in [3.63, 3.8) is 0 Å². The zero-order chi connectivity index (χ0) is 15.1. The number of aromatic amines is 1. The number of H-pyrrole nitrogens is 1. The Bertz CT molecular complexity index is 436. The van der Waals surface area contributed by atoms with Crippen LogP contribution in [0.25, 0.3) is 0 Å². The number of hydrogen-bond acceptors (Lipinski definition) is 4. The fraction of sp³-hybridized carbons (Fsp3) is 0.688. The Morgan fingerprint density at radius 2 is 2.19 bits per heavy atom. The number of hydrogen-bond donors (Lipinski definition) is 2. The molecule has 1 aliphatic rings. The van der Waals surface area contributed by atoms with Crippen LogP contribution in [-0.4, -0.2) is 48.6 Å². The molecule has 1 saturated heterocycles. The number of piperidine rings is 1. The van der Waals surface area contributed by atoms with Crippen LogP contribution >= 0.6 is 0 Å². The summed E-state index contributed by atoms with van der Waals surface area (Å²) >= 11 is 0. The van der Waals surface area contributed by atoms with Crippen molar-refractivity contribution >= 4 is 5.97 Å². The van der Waals surface area contributed by atoms with Crippen LogP contribution in [0, 0.1) is 0 Å². The molecule has 1 aliphatic heterocycles. The standard InChI is InChI=1S/C16H27N3O2/c1-3-4-9-19-10-7-13(8-11-19)17-12-14-5-6-15(18-14)16(20)21-2/h5-6,13,17-18H,3-4,7-12H2,1-2H3. The van der Waals surface area contributed by atoms with Gasteiger partial charge in [-0.3, -0.25) is 0 Å². The molecule has 0 amide bonds. The van der Waals surface area contributed by atoms with Gasteiger partial charge in [-0.05, 0) is 51.0 Å². The maximum absolute atomic E-state index is 11.4. The van der Waals surface area contributed by atoms with E-state index in [4.69, 9.17) is 4.74 Å². The van der Waals surface area contributed by atoms with Crippen LogP contribution in [0.5, 0.6) is 0 Å². The van der Waals surface area contributed by atoms with E-state index in [1.54, 1.807) is 6.07 Å². The summed E-state index contributed by atoms with van der Waals surface area (Å²) in [6.07, 6.45) is 4.98. The minimum atomic E-state index is -0.314. The average Bonchev–Trinajstić information content (AvgIpc) is 3.00. The Morgan fingerprint density at radius 1 is 1.43 bits per heavy atom. The molecule has 2 heterocycles. The molecule has 0 atom stereocenters. The van der Waals surface area contributed by atoms with E-state index in [9.17, 15) is 4.79 Å². The number of likely N-dealkylation sites (tertiary alicyclic amines) is 1. The lowest BCUT2D eigenvalue weighted by atomic mass is 10.0. The van der Waals surface area contributed by atoms with Gasteiger partial charge < -0.3 is 19.9 Å². The number of esters is 1. The van der Waals surface area contributed by atoms with Crippen molar-refractivity contribution < 1.29 is 9.53 Å². The number of methoxy groups -OCH3 is 1. The molecule has 21 heavy (non-hydrogen) atoms. The Morgan fingerprint density at radius 3 is 2.86 bits per heavy atom. The minimum Gasteiger partial charge on any atom is -0.464 e. The number of nitrogens with one attached hydrogen (secondary N) is 2. The van der Waals surface area contributed by atoms with E-state index < -0.39 is 0 Å². The third-order valence-corrected chi connectivity index (χ3v) is 4.15. The largest absolute Gasteiger partial charge is 0.464 e. The summed E-state index contributed by atoms with van der Waals surface area (Å²) in [6, 6.07) is 4.29. The number of nitrogens with zero attached hydrogens (tertiary/aromatic N) is 1. The number of carbonyl (C=O) groups is 1. The van der Waals surface area contributed by atoms with E-state index in [1.165, 1.54) is 52.4 Å². The van der Waals surface area contributed by atoms with Crippen molar-refractivity contribution in [3.05, 3.63) is 23.5 Å². The fourth-order valence-electron chi connectivity index (χ4n) is 2.77. The Labute approximate surface area is 127 Å². The molecule has 0 spiro atoms. The lowest BCUT2D eigenvalue weighted by molar-refractivity contribution is 0.0594. The SMILES string of the molecule is CCCCN1CCC(NCc2ccc(C(=O)OC)[nH]2)CC1. The van der Waals surface area contributed by atoms with Gasteiger partial charge in [0.05, 0.1) is 7.11 Å². The van der Waals surface area contributed by atoms with Crippen molar-refractivity contribution in [2.75, 3.05) is 26.7 Å². The highest BCUT2D eigenvalue weighted by Gasteiger charge is 2.18. The van der Waals surface area contributed by atoms with Crippen LogP contribution in [-0.2, 0) is 11.3 Å². The van der Waals surface area contributed by atoms with E-state index in [0.29, 0.717) is 11.7 Å². The first-order chi connectivity index (χ1) is 10.2. The molecule has 5 heteroatoms. The summed E-state index contributed by atoms with van der Waals surface area (Å²) in [7, 11) is 1.40. The molecule has 0 aromatic carbocycles. The van der Waals surface area contributed by atoms with E-state index in [0.717, 1.165) is 12.2 Å². The number of aromatic nitrogens is 1. The van der Waals surface area contributed by atoms with Gasteiger partial charge in [0.1, 0.15) is 5.69 Å². The second kappa shape index (κ2) is 8.20. The van der Waals surface area contributed by atoms with Gasteiger partial charge in [-0.2, -0.15) is 0 Å². The zero-order valence-corrected chi connectivity index (χ0v) is 13.2. The predicted octanol–water partition coefficient (Wildman–Crippen LogP) is 2.16. The van der Waals surface area contributed by atoms with Crippen molar-refractivity contribution in [1.29, 1.82) is 0 Å². The van der Waals surface area contributed by atoms with Crippen molar-refractivity contribution in [3.8, 4) is 0 Å². The summed E-state index contributed by atoms with van der Waals surface area (Å²) in [4.78, 5) is 17.0. The van der Waals surface area contributed by atoms with Crippen LogP contribution in [0.4, 0.5) is 0 Å². The van der Waals surface area contributed by atoms with Gasteiger partial charge in [0, 0.05) is 18.3 Å². The fourth-order valence-corrected chi connectivity index (χ4v) is 2.77. The maximum atomic E-state index is 11.4. The normalized spacial score (nSPS) is 17.0. The zero-order valence-electron chi connectivity index (χ0n) is 13.2. The van der Waals surface area contributed by atoms with Gasteiger partial charge in [0.2, 0.25) is 0 Å². The maximum Gasteiger partial charge on any atom is 0.354 e. The molecule has 2 N–H and O–H groups in total. The number of carbonyl (C=O) groups excluding carboxylic acids is 1. The quantitative estimate of drug-likeness (QED) is 0.756. The molecule has 0 radical (unpaired) electrons. The molecule has 1 fully saturated rings. The monoisotopic (exact) mass is 293 g/mol. The highest BCUT2D eigenvalue weighted by atomic mass is 16.5. The highest BCUT2D eigenvalue weighted by Crippen LogP contribution is 2.12. The smallest absolute Gasteiger partial charge is 0.354 e. The van der Waals surface area contributed by atoms with E-state index in [-0.39, 0.29) is 5.97 Å². The lowest BCUT2D eigenvalue weighted by Crippen LogP contribution is -2.42. The van der Waals surface area contributed by atoms with Gasteiger partial charge in [-0.25, -0.2) is 4.79 Å². The summed E-state index contributed by atoms with van der Waals surface area (Å²) in [5.41, 5.74) is 1.55. The molecule has 1 aromatic heterocycles. The molecule has 0 saturated carbocycles. The summed E-state index contributed by atoms with van der Waals surface area (Å²) in [5, 5.41) is 3.57. The first-order valence-corrected chi connectivity index (χ1v) is 7.95. The summed E-state index contributed by atoms with van der Waals surface area (Å²) < 4.78 is 4.69. The van der Waals surface area contributed by atoms with Gasteiger partial charge in [0.15, 0.2) is 0 Å². The van der Waals surface area contributed by atoms with Crippen molar-refractivity contribution in [1.82, 2.24) is 15.2 Å². The Kier molecular flexibility index (Phi) is 6.26. The average molecular weight is 293 g/mol. The lowest BCUT2D eigenvalue weighted by Gasteiger charge is -2.32. The predicted molar refractivity (Wildman–Crippen MR) is 83.3 cm³/mol. The van der Waals surface area contributed by atoms with Gasteiger partial charge in [-0.1, -0.05) is 13.3 Å². The topological polar surface area (TPSA) is 57.4 Å². The van der Waals surface area contributed by atoms with Crippen molar-refractivity contribution in [2.45, 2.75) is 45.2 Å². The Hall–Kier alpha value is -1.33. The van der Waals surface area contributed by atoms with Crippen LogP contribution in [0.2, 0.25) is 0 Å². The van der Waals surface area contributed by atoms with Crippen LogP contribution in [0.15, 0.2) is 12.1 Å². The third kappa shape index (κ3) is 4.86. The Balaban J connectivity index is 1.70. The second-order valence-electron chi connectivity index (χ2n) is 5.74. The minimum absolute atomic E-state index is 0.314. The molecular formula is C16H27N3O2. The number of rotatable bonds is 7. The van der Waals surface area contributed by atoms with E-state index in [2.05, 4.69) is 22.1 Å². The van der Waals surface area contributed by atoms with Gasteiger partial charge in [0.25, 0.3) is 0 Å². The highest BCUT2D eigenvalue weighted by molar-refractivity contribution is 5.87. The summed E-state index contributed by atoms with van der Waals surface area (Å²) in [5.74, 6) is -0.314. The summed E-state index contributed by atoms with van der Waals surface area (Å²) in [6.45, 7) is 6.64. The number of ether oxygens (including phenoxy) is 1. The first kappa shape index (κ1) is 16.0. The number of unbranched alkanes of at least 4 members (excludes halogenated alkanes) is 1. The molecule has 1 aromatic rings. The third-order valence-electron chi connectivity index (χ3n) is 4.15. The van der Waals surface area contributed by atoms with Gasteiger partial charge >= 0.3 is 5.97 Å². The van der Waals surface area contributed by atoms with Crippen LogP contribution in [0.3, 0.4) is 0 Å². The molecule has 5 nitrogen and oxygen atoms in total. The van der Waals surface area contributed by atoms with Gasteiger partial charge in [-0.15, -0.1) is 0 Å². The second-order valence-corrected chi connectivity index (χ2v) is 5.74.